The Balaban J connectivity index is 2.61. The highest BCUT2D eigenvalue weighted by Gasteiger charge is 2.05. The molecule has 0 fully saturated rings. The maximum absolute atomic E-state index is 8.75. The van der Waals surface area contributed by atoms with Gasteiger partial charge in [0, 0.05) is 0 Å². The minimum Gasteiger partial charge on any atom is -0.390 e. The molecule has 0 saturated heterocycles. The van der Waals surface area contributed by atoms with Gasteiger partial charge in [0.05, 0.1) is 18.8 Å². The van der Waals surface area contributed by atoms with E-state index in [4.69, 9.17) is 5.11 Å². The summed E-state index contributed by atoms with van der Waals surface area (Å²) in [6.07, 6.45) is 4.02. The molecule has 4 nitrogen and oxygen atoms in total. The first-order valence-electron chi connectivity index (χ1n) is 4.29. The van der Waals surface area contributed by atoms with Crippen molar-refractivity contribution in [1.82, 2.24) is 15.0 Å². The molecule has 1 aromatic rings. The largest absolute Gasteiger partial charge is 0.390 e. The van der Waals surface area contributed by atoms with E-state index in [1.807, 2.05) is 0 Å². The van der Waals surface area contributed by atoms with E-state index in [1.54, 1.807) is 10.9 Å². The molecule has 1 rings (SSSR count). The van der Waals surface area contributed by atoms with Crippen molar-refractivity contribution in [1.29, 1.82) is 0 Å². The van der Waals surface area contributed by atoms with E-state index in [-0.39, 0.29) is 6.61 Å². The Morgan fingerprint density at radius 2 is 2.42 bits per heavy atom. The second kappa shape index (κ2) is 4.21. The van der Waals surface area contributed by atoms with Crippen LogP contribution < -0.4 is 0 Å². The van der Waals surface area contributed by atoms with Gasteiger partial charge in [0.25, 0.3) is 0 Å². The van der Waals surface area contributed by atoms with Crippen molar-refractivity contribution in [3.63, 3.8) is 0 Å². The summed E-state index contributed by atoms with van der Waals surface area (Å²) in [6, 6.07) is 0.378. The van der Waals surface area contributed by atoms with Crippen molar-refractivity contribution in [2.75, 3.05) is 0 Å². The number of rotatable bonds is 4. The smallest absolute Gasteiger partial charge is 0.108 e. The summed E-state index contributed by atoms with van der Waals surface area (Å²) < 4.78 is 1.80. The lowest BCUT2D eigenvalue weighted by molar-refractivity contribution is 0.276. The van der Waals surface area contributed by atoms with E-state index in [9.17, 15) is 0 Å². The van der Waals surface area contributed by atoms with Crippen LogP contribution in [0.4, 0.5) is 0 Å². The Kier molecular flexibility index (Phi) is 3.22. The third kappa shape index (κ3) is 2.04. The second-order valence-electron chi connectivity index (χ2n) is 2.99. The van der Waals surface area contributed by atoms with Gasteiger partial charge >= 0.3 is 0 Å². The van der Waals surface area contributed by atoms with Crippen LogP contribution in [0.1, 0.15) is 38.4 Å². The zero-order chi connectivity index (χ0) is 8.97. The molecule has 0 saturated carbocycles. The highest BCUT2D eigenvalue weighted by atomic mass is 16.3. The first kappa shape index (κ1) is 9.19. The molecular weight excluding hydrogens is 154 g/mol. The zero-order valence-corrected chi connectivity index (χ0v) is 7.56. The molecule has 1 aromatic heterocycles. The number of aliphatic hydroxyl groups is 1. The lowest BCUT2D eigenvalue weighted by atomic mass is 10.2. The molecular formula is C8H15N3O. The van der Waals surface area contributed by atoms with Crippen molar-refractivity contribution < 1.29 is 5.11 Å². The Bertz CT molecular complexity index is 234. The van der Waals surface area contributed by atoms with Crippen LogP contribution in [-0.4, -0.2) is 20.1 Å². The third-order valence-corrected chi connectivity index (χ3v) is 1.88. The Hall–Kier alpha value is -0.900. The third-order valence-electron chi connectivity index (χ3n) is 1.88. The molecule has 0 aliphatic rings. The summed E-state index contributed by atoms with van der Waals surface area (Å²) >= 11 is 0. The Labute approximate surface area is 72.2 Å². The molecule has 12 heavy (non-hydrogen) atoms. The van der Waals surface area contributed by atoms with Crippen molar-refractivity contribution in [2.24, 2.45) is 0 Å². The van der Waals surface area contributed by atoms with Crippen LogP contribution in [0.15, 0.2) is 6.20 Å². The molecule has 1 N–H and O–H groups in total. The fourth-order valence-electron chi connectivity index (χ4n) is 1.15. The number of nitrogens with zero attached hydrogens (tertiary/aromatic N) is 3. The molecule has 1 atom stereocenters. The number of hydrogen-bond acceptors (Lipinski definition) is 3. The Morgan fingerprint density at radius 3 is 2.92 bits per heavy atom. The van der Waals surface area contributed by atoms with Gasteiger partial charge in [-0.15, -0.1) is 5.10 Å². The fourth-order valence-corrected chi connectivity index (χ4v) is 1.15. The SMILES string of the molecule is CCCC(C)n1cc(CO)nn1. The molecule has 0 aromatic carbocycles. The molecule has 0 radical (unpaired) electrons. The van der Waals surface area contributed by atoms with Crippen LogP contribution in [0.5, 0.6) is 0 Å². The number of aliphatic hydroxyl groups excluding tert-OH is 1. The van der Waals surface area contributed by atoms with Gasteiger partial charge in [0.2, 0.25) is 0 Å². The molecule has 0 bridgehead atoms. The fraction of sp³-hybridized carbons (Fsp3) is 0.750. The van der Waals surface area contributed by atoms with E-state index in [2.05, 4.69) is 24.2 Å². The van der Waals surface area contributed by atoms with E-state index < -0.39 is 0 Å². The van der Waals surface area contributed by atoms with Gasteiger partial charge in [-0.1, -0.05) is 18.6 Å². The predicted molar refractivity (Wildman–Crippen MR) is 45.6 cm³/mol. The summed E-state index contributed by atoms with van der Waals surface area (Å²) in [5, 5.41) is 16.5. The molecule has 0 spiro atoms. The maximum Gasteiger partial charge on any atom is 0.108 e. The standard InChI is InChI=1S/C8H15N3O/c1-3-4-7(2)11-5-8(6-12)9-10-11/h5,7,12H,3-4,6H2,1-2H3. The highest BCUT2D eigenvalue weighted by molar-refractivity contribution is 4.90. The lowest BCUT2D eigenvalue weighted by Gasteiger charge is -2.08. The van der Waals surface area contributed by atoms with Gasteiger partial charge in [0.1, 0.15) is 5.69 Å². The van der Waals surface area contributed by atoms with E-state index in [0.29, 0.717) is 11.7 Å². The molecule has 0 amide bonds. The number of aromatic nitrogens is 3. The van der Waals surface area contributed by atoms with Gasteiger partial charge in [-0.2, -0.15) is 0 Å². The van der Waals surface area contributed by atoms with Crippen LogP contribution in [0.2, 0.25) is 0 Å². The lowest BCUT2D eigenvalue weighted by Crippen LogP contribution is -2.05. The zero-order valence-electron chi connectivity index (χ0n) is 7.56. The van der Waals surface area contributed by atoms with Crippen LogP contribution in [0.3, 0.4) is 0 Å². The van der Waals surface area contributed by atoms with Crippen LogP contribution in [0, 0.1) is 0 Å². The summed E-state index contributed by atoms with van der Waals surface area (Å²) in [5.41, 5.74) is 0.637. The van der Waals surface area contributed by atoms with Crippen LogP contribution >= 0.6 is 0 Å². The summed E-state index contributed by atoms with van der Waals surface area (Å²) in [4.78, 5) is 0. The molecule has 0 aliphatic heterocycles. The highest BCUT2D eigenvalue weighted by Crippen LogP contribution is 2.10. The molecule has 1 unspecified atom stereocenters. The van der Waals surface area contributed by atoms with Crippen LogP contribution in [0.25, 0.3) is 0 Å². The van der Waals surface area contributed by atoms with Gasteiger partial charge in [-0.05, 0) is 13.3 Å². The van der Waals surface area contributed by atoms with Crippen LogP contribution in [-0.2, 0) is 6.61 Å². The van der Waals surface area contributed by atoms with E-state index in [0.717, 1.165) is 12.8 Å². The Morgan fingerprint density at radius 1 is 1.67 bits per heavy atom. The number of hydrogen-bond donors (Lipinski definition) is 1. The normalized spacial score (nSPS) is 13.2. The summed E-state index contributed by atoms with van der Waals surface area (Å²) in [5.74, 6) is 0. The minimum atomic E-state index is -0.0289. The second-order valence-corrected chi connectivity index (χ2v) is 2.99. The quantitative estimate of drug-likeness (QED) is 0.735. The molecule has 1 heterocycles. The van der Waals surface area contributed by atoms with Gasteiger partial charge < -0.3 is 5.11 Å². The molecule has 4 heteroatoms. The molecule has 0 aliphatic carbocycles. The maximum atomic E-state index is 8.75. The van der Waals surface area contributed by atoms with Gasteiger partial charge in [-0.3, -0.25) is 0 Å². The average Bonchev–Trinajstić information content (AvgIpc) is 2.52. The first-order valence-corrected chi connectivity index (χ1v) is 4.29. The van der Waals surface area contributed by atoms with Gasteiger partial charge in [-0.25, -0.2) is 4.68 Å². The van der Waals surface area contributed by atoms with Crippen molar-refractivity contribution in [3.05, 3.63) is 11.9 Å². The van der Waals surface area contributed by atoms with Crippen molar-refractivity contribution in [3.8, 4) is 0 Å². The summed E-state index contributed by atoms with van der Waals surface area (Å²) in [7, 11) is 0. The van der Waals surface area contributed by atoms with E-state index >= 15 is 0 Å². The molecule has 68 valence electrons. The monoisotopic (exact) mass is 169 g/mol. The van der Waals surface area contributed by atoms with Gasteiger partial charge in [0.15, 0.2) is 0 Å². The summed E-state index contributed by atoms with van der Waals surface area (Å²) in [6.45, 7) is 4.21. The predicted octanol–water partition coefficient (Wildman–Crippen LogP) is 1.13. The van der Waals surface area contributed by atoms with Crippen molar-refractivity contribution >= 4 is 0 Å². The first-order chi connectivity index (χ1) is 5.77. The van der Waals surface area contributed by atoms with E-state index in [1.165, 1.54) is 0 Å². The van der Waals surface area contributed by atoms with Crippen molar-refractivity contribution in [2.45, 2.75) is 39.3 Å². The average molecular weight is 169 g/mol. The minimum absolute atomic E-state index is 0.0289. The topological polar surface area (TPSA) is 50.9 Å².